The molecular formula is C24H21F2N9O6S. The van der Waals surface area contributed by atoms with Crippen LogP contribution in [0.4, 0.5) is 30.2 Å². The van der Waals surface area contributed by atoms with Crippen molar-refractivity contribution < 1.29 is 37.2 Å². The van der Waals surface area contributed by atoms with E-state index < -0.39 is 47.8 Å². The van der Waals surface area contributed by atoms with Crippen molar-refractivity contribution in [1.82, 2.24) is 20.4 Å². The lowest BCUT2D eigenvalue weighted by Gasteiger charge is -2.13. The number of halogens is 2. The minimum Gasteiger partial charge on any atom is -0.497 e. The number of urea groups is 1. The zero-order valence-corrected chi connectivity index (χ0v) is 22.3. The van der Waals surface area contributed by atoms with Crippen LogP contribution in [0.2, 0.25) is 0 Å². The van der Waals surface area contributed by atoms with Gasteiger partial charge in [0.2, 0.25) is 17.6 Å². The first-order valence-corrected chi connectivity index (χ1v) is 12.5. The highest BCUT2D eigenvalue weighted by molar-refractivity contribution is 7.19. The lowest BCUT2D eigenvalue weighted by molar-refractivity contribution is -0.124. The fraction of sp³-hybridized carbons (Fsp3) is 0.125. The molecule has 9 N–H and O–H groups in total. The molecule has 2 aromatic carbocycles. The van der Waals surface area contributed by atoms with Gasteiger partial charge in [0.15, 0.2) is 5.13 Å². The molecule has 0 saturated heterocycles. The van der Waals surface area contributed by atoms with Gasteiger partial charge in [0.1, 0.15) is 34.1 Å². The van der Waals surface area contributed by atoms with Gasteiger partial charge in [-0.15, -0.1) is 0 Å². The highest BCUT2D eigenvalue weighted by Crippen LogP contribution is 2.36. The first kappa shape index (κ1) is 29.3. The second-order valence-electron chi connectivity index (χ2n) is 8.38. The number of aromatic nitrogens is 3. The van der Waals surface area contributed by atoms with Crippen LogP contribution in [0.1, 0.15) is 16.8 Å². The van der Waals surface area contributed by atoms with Crippen LogP contribution in [0.25, 0.3) is 22.2 Å². The van der Waals surface area contributed by atoms with Gasteiger partial charge in [-0.3, -0.25) is 19.7 Å². The molecule has 0 aliphatic heterocycles. The lowest BCUT2D eigenvalue weighted by atomic mass is 10.1. The van der Waals surface area contributed by atoms with Crippen molar-refractivity contribution in [2.45, 2.75) is 12.5 Å². The van der Waals surface area contributed by atoms with Gasteiger partial charge in [0.25, 0.3) is 11.8 Å². The molecule has 0 aliphatic carbocycles. The second kappa shape index (κ2) is 12.3. The molecule has 0 aliphatic rings. The number of carbonyl (C=O) groups excluding carboxylic acids is 4. The van der Waals surface area contributed by atoms with E-state index in [4.69, 9.17) is 26.5 Å². The van der Waals surface area contributed by atoms with E-state index in [2.05, 4.69) is 31.1 Å². The molecule has 218 valence electrons. The molecule has 0 unspecified atom stereocenters. The number of primary amides is 2. The third-order valence-corrected chi connectivity index (χ3v) is 6.40. The summed E-state index contributed by atoms with van der Waals surface area (Å²) in [5.41, 5.74) is 15.6. The van der Waals surface area contributed by atoms with Gasteiger partial charge in [-0.25, -0.2) is 18.6 Å². The van der Waals surface area contributed by atoms with E-state index in [1.807, 2.05) is 0 Å². The van der Waals surface area contributed by atoms with Gasteiger partial charge >= 0.3 is 6.03 Å². The minimum absolute atomic E-state index is 0.0717. The number of ether oxygens (including phenoxy) is 1. The number of nitrogen functional groups attached to an aromatic ring is 1. The van der Waals surface area contributed by atoms with Gasteiger partial charge in [-0.1, -0.05) is 22.6 Å². The molecule has 4 rings (SSSR count). The highest BCUT2D eigenvalue weighted by Gasteiger charge is 2.24. The molecule has 0 bridgehead atoms. The molecule has 15 nitrogen and oxygen atoms in total. The lowest BCUT2D eigenvalue weighted by Crippen LogP contribution is -2.48. The minimum atomic E-state index is -1.37. The number of amides is 5. The van der Waals surface area contributed by atoms with Gasteiger partial charge in [0, 0.05) is 11.6 Å². The van der Waals surface area contributed by atoms with Crippen molar-refractivity contribution in [3.8, 4) is 27.9 Å². The predicted molar refractivity (Wildman–Crippen MR) is 145 cm³/mol. The van der Waals surface area contributed by atoms with E-state index in [1.165, 1.54) is 19.2 Å². The summed E-state index contributed by atoms with van der Waals surface area (Å²) in [4.78, 5) is 55.5. The third kappa shape index (κ3) is 6.73. The first-order chi connectivity index (χ1) is 19.9. The molecule has 42 heavy (non-hydrogen) atoms. The summed E-state index contributed by atoms with van der Waals surface area (Å²) in [6, 6.07) is 5.34. The average molecular weight is 602 g/mol. The molecule has 2 heterocycles. The van der Waals surface area contributed by atoms with Crippen LogP contribution >= 0.6 is 11.3 Å². The Bertz CT molecular complexity index is 1690. The summed E-state index contributed by atoms with van der Waals surface area (Å²) < 4.78 is 39.5. The van der Waals surface area contributed by atoms with E-state index >= 15 is 0 Å². The summed E-state index contributed by atoms with van der Waals surface area (Å²) in [6.07, 6.45) is -0.523. The molecule has 0 spiro atoms. The first-order valence-electron chi connectivity index (χ1n) is 11.7. The maximum absolute atomic E-state index is 14.7. The van der Waals surface area contributed by atoms with E-state index in [-0.39, 0.29) is 44.4 Å². The van der Waals surface area contributed by atoms with E-state index in [1.54, 1.807) is 12.1 Å². The Kier molecular flexibility index (Phi) is 8.56. The second-order valence-corrected chi connectivity index (χ2v) is 9.38. The SMILES string of the molecule is COc1cccc(C(=O)Nc2cc(-c3noc(-c4sc(NC(=O)N[C@@H](CC(N)=O)C(N)=O)nc4N)n3)c(F)cc2F)c1. The van der Waals surface area contributed by atoms with Crippen molar-refractivity contribution in [3.63, 3.8) is 0 Å². The number of methoxy groups -OCH3 is 1. The topological polar surface area (TPSA) is 243 Å². The van der Waals surface area contributed by atoms with E-state index in [0.717, 1.165) is 17.4 Å². The molecule has 4 aromatic rings. The molecule has 5 amide bonds. The Hall–Kier alpha value is -5.65. The Balaban J connectivity index is 1.53. The normalized spacial score (nSPS) is 11.4. The molecule has 2 aromatic heterocycles. The Morgan fingerprint density at radius 1 is 1.07 bits per heavy atom. The number of hydrogen-bond donors (Lipinski definition) is 6. The predicted octanol–water partition coefficient (Wildman–Crippen LogP) is 1.83. The quantitative estimate of drug-likeness (QED) is 0.154. The van der Waals surface area contributed by atoms with E-state index in [9.17, 15) is 28.0 Å². The maximum atomic E-state index is 14.7. The number of benzene rings is 2. The van der Waals surface area contributed by atoms with Crippen LogP contribution in [0, 0.1) is 11.6 Å². The van der Waals surface area contributed by atoms with Crippen molar-refractivity contribution in [2.24, 2.45) is 11.5 Å². The summed E-state index contributed by atoms with van der Waals surface area (Å²) in [6.45, 7) is 0. The fourth-order valence-electron chi connectivity index (χ4n) is 3.45. The molecule has 1 atom stereocenters. The Labute approximate surface area is 238 Å². The van der Waals surface area contributed by atoms with Crippen LogP contribution in [-0.2, 0) is 9.59 Å². The van der Waals surface area contributed by atoms with Crippen LogP contribution in [0.15, 0.2) is 40.9 Å². The molecule has 0 saturated carbocycles. The number of carbonyl (C=O) groups is 4. The van der Waals surface area contributed by atoms with Crippen LogP contribution in [0.5, 0.6) is 5.75 Å². The number of nitrogens with two attached hydrogens (primary N) is 3. The number of anilines is 3. The summed E-state index contributed by atoms with van der Waals surface area (Å²) in [7, 11) is 1.42. The van der Waals surface area contributed by atoms with Crippen molar-refractivity contribution in [1.29, 1.82) is 0 Å². The van der Waals surface area contributed by atoms with E-state index in [0.29, 0.717) is 11.8 Å². The monoisotopic (exact) mass is 601 g/mol. The number of nitrogens with one attached hydrogen (secondary N) is 3. The molecular weight excluding hydrogens is 580 g/mol. The summed E-state index contributed by atoms with van der Waals surface area (Å²) in [5, 5.41) is 10.5. The zero-order valence-electron chi connectivity index (χ0n) is 21.4. The summed E-state index contributed by atoms with van der Waals surface area (Å²) >= 11 is 0.785. The van der Waals surface area contributed by atoms with Gasteiger partial charge in [-0.05, 0) is 24.3 Å². The Morgan fingerprint density at radius 2 is 1.83 bits per heavy atom. The number of nitrogens with zero attached hydrogens (tertiary/aromatic N) is 3. The van der Waals surface area contributed by atoms with Gasteiger partial charge in [0.05, 0.1) is 24.8 Å². The van der Waals surface area contributed by atoms with Crippen molar-refractivity contribution >= 4 is 51.7 Å². The van der Waals surface area contributed by atoms with Gasteiger partial charge in [-0.2, -0.15) is 4.98 Å². The smallest absolute Gasteiger partial charge is 0.321 e. The maximum Gasteiger partial charge on any atom is 0.321 e. The molecule has 18 heteroatoms. The third-order valence-electron chi connectivity index (χ3n) is 5.43. The zero-order chi connectivity index (χ0) is 30.6. The number of hydrogen-bond acceptors (Lipinski definition) is 11. The van der Waals surface area contributed by atoms with Crippen LogP contribution in [-0.4, -0.2) is 52.0 Å². The van der Waals surface area contributed by atoms with Crippen LogP contribution in [0.3, 0.4) is 0 Å². The van der Waals surface area contributed by atoms with Crippen molar-refractivity contribution in [2.75, 3.05) is 23.5 Å². The standard InChI is InChI=1S/C24H21F2N9O6S/c1-40-10-4-2-3-9(5-10)21(38)30-14-6-11(12(25)7-13(14)26)20-33-22(41-35-20)17-18(28)32-24(42-17)34-23(39)31-15(19(29)37)8-16(27)36/h2-7,15H,8,28H2,1H3,(H2,27,36)(H2,29,37)(H,30,38)(H2,31,32,34,39)/t15-/m0/s1. The molecule has 0 radical (unpaired) electrons. The average Bonchev–Trinajstić information content (AvgIpc) is 3.55. The number of rotatable bonds is 10. The van der Waals surface area contributed by atoms with Crippen LogP contribution < -0.4 is 37.9 Å². The molecule has 0 fully saturated rings. The fourth-order valence-corrected chi connectivity index (χ4v) is 4.26. The Morgan fingerprint density at radius 3 is 2.52 bits per heavy atom. The summed E-state index contributed by atoms with van der Waals surface area (Å²) in [5.74, 6) is -4.91. The van der Waals surface area contributed by atoms with Crippen molar-refractivity contribution in [3.05, 3.63) is 53.6 Å². The largest absolute Gasteiger partial charge is 0.497 e. The highest BCUT2D eigenvalue weighted by atomic mass is 32.1. The van der Waals surface area contributed by atoms with Gasteiger partial charge < -0.3 is 37.1 Å². The number of thiazole rings is 1.